The highest BCUT2D eigenvalue weighted by Crippen LogP contribution is 2.38. The lowest BCUT2D eigenvalue weighted by Gasteiger charge is -2.37. The SMILES string of the molecule is [C-]#[N+]c1c(C(=O)OC2C(C)CC(C)CC2C)c2nc(-c3ccc(C)cc3)[nH]n2c1C(=O)N1CCC(C(=O)OC)CC1. The number of carbonyl (C=O) groups is 3. The number of hydrogen-bond donors (Lipinski definition) is 1. The van der Waals surface area contributed by atoms with Crippen LogP contribution in [-0.2, 0) is 14.3 Å². The fourth-order valence-corrected chi connectivity index (χ4v) is 6.58. The number of methoxy groups -OCH3 is 1. The lowest BCUT2D eigenvalue weighted by Crippen LogP contribution is -2.41. The molecule has 5 rings (SSSR count). The van der Waals surface area contributed by atoms with E-state index in [2.05, 4.69) is 30.7 Å². The maximum absolute atomic E-state index is 13.9. The zero-order chi connectivity index (χ0) is 29.4. The fourth-order valence-electron chi connectivity index (χ4n) is 6.58. The van der Waals surface area contributed by atoms with E-state index in [9.17, 15) is 14.4 Å². The Kier molecular flexibility index (Phi) is 7.89. The molecule has 2 aromatic heterocycles. The van der Waals surface area contributed by atoms with E-state index in [1.807, 2.05) is 31.2 Å². The van der Waals surface area contributed by atoms with Gasteiger partial charge in [-0.3, -0.25) is 14.7 Å². The minimum atomic E-state index is -0.642. The van der Waals surface area contributed by atoms with E-state index in [0.717, 1.165) is 24.0 Å². The molecule has 2 aliphatic rings. The molecule has 1 amide bonds. The van der Waals surface area contributed by atoms with Gasteiger partial charge in [0.2, 0.25) is 5.69 Å². The van der Waals surface area contributed by atoms with Gasteiger partial charge in [0, 0.05) is 18.7 Å². The largest absolute Gasteiger partial charge is 0.469 e. The molecule has 3 aromatic rings. The molecule has 2 fully saturated rings. The zero-order valence-electron chi connectivity index (χ0n) is 24.3. The summed E-state index contributed by atoms with van der Waals surface area (Å²) in [6, 6.07) is 7.73. The monoisotopic (exact) mass is 559 g/mol. The number of hydrogen-bond acceptors (Lipinski definition) is 6. The van der Waals surface area contributed by atoms with Gasteiger partial charge in [-0.2, -0.15) is 0 Å². The van der Waals surface area contributed by atoms with Gasteiger partial charge in [-0.05, 0) is 50.4 Å². The molecule has 1 N–H and O–H groups in total. The van der Waals surface area contributed by atoms with Crippen molar-refractivity contribution >= 4 is 29.2 Å². The Bertz CT molecular complexity index is 1490. The Hall–Kier alpha value is -4.13. The molecule has 1 aromatic carbocycles. The van der Waals surface area contributed by atoms with Gasteiger partial charge >= 0.3 is 11.9 Å². The van der Waals surface area contributed by atoms with Crippen LogP contribution in [0, 0.1) is 37.2 Å². The van der Waals surface area contributed by atoms with Crippen molar-refractivity contribution in [3.8, 4) is 11.4 Å². The summed E-state index contributed by atoms with van der Waals surface area (Å²) in [4.78, 5) is 49.8. The molecule has 41 heavy (non-hydrogen) atoms. The second-order valence-corrected chi connectivity index (χ2v) is 11.8. The van der Waals surface area contributed by atoms with E-state index < -0.39 is 11.9 Å². The molecule has 2 unspecified atom stereocenters. The first-order valence-electron chi connectivity index (χ1n) is 14.3. The van der Waals surface area contributed by atoms with Gasteiger partial charge in [0.25, 0.3) is 5.91 Å². The number of piperidine rings is 1. The molecule has 10 heteroatoms. The normalized spacial score (nSPS) is 23.3. The number of esters is 2. The number of fused-ring (bicyclic) bond motifs is 1. The number of aromatic nitrogens is 3. The Morgan fingerprint density at radius 2 is 1.68 bits per heavy atom. The summed E-state index contributed by atoms with van der Waals surface area (Å²) in [5.41, 5.74) is 2.03. The molecular formula is C31H37N5O5. The Labute approximate surface area is 239 Å². The van der Waals surface area contributed by atoms with Gasteiger partial charge in [0.15, 0.2) is 11.5 Å². The second-order valence-electron chi connectivity index (χ2n) is 11.8. The maximum atomic E-state index is 13.9. The van der Waals surface area contributed by atoms with Crippen LogP contribution in [-0.4, -0.2) is 63.6 Å². The summed E-state index contributed by atoms with van der Waals surface area (Å²) in [5.74, 6) is -0.241. The highest BCUT2D eigenvalue weighted by molar-refractivity contribution is 6.11. The minimum Gasteiger partial charge on any atom is -0.469 e. The summed E-state index contributed by atoms with van der Waals surface area (Å²) < 4.78 is 12.4. The van der Waals surface area contributed by atoms with E-state index in [1.54, 1.807) is 4.90 Å². The average molecular weight is 560 g/mol. The molecule has 1 aliphatic heterocycles. The first-order valence-corrected chi connectivity index (χ1v) is 14.3. The number of aryl methyl sites for hydroxylation is 1. The molecular weight excluding hydrogens is 522 g/mol. The van der Waals surface area contributed by atoms with Crippen molar-refractivity contribution in [3.05, 3.63) is 52.5 Å². The third-order valence-corrected chi connectivity index (χ3v) is 8.63. The Balaban J connectivity index is 1.56. The molecule has 2 atom stereocenters. The predicted molar refractivity (Wildman–Crippen MR) is 153 cm³/mol. The smallest absolute Gasteiger partial charge is 0.331 e. The van der Waals surface area contributed by atoms with Gasteiger partial charge in [-0.15, -0.1) is 0 Å². The fraction of sp³-hybridized carbons (Fsp3) is 0.516. The number of benzene rings is 1. The summed E-state index contributed by atoms with van der Waals surface area (Å²) in [6.45, 7) is 17.0. The molecule has 0 radical (unpaired) electrons. The number of likely N-dealkylation sites (tertiary alicyclic amines) is 1. The third-order valence-electron chi connectivity index (χ3n) is 8.63. The van der Waals surface area contributed by atoms with E-state index in [-0.39, 0.29) is 52.4 Å². The molecule has 10 nitrogen and oxygen atoms in total. The van der Waals surface area contributed by atoms with Crippen molar-refractivity contribution in [3.63, 3.8) is 0 Å². The molecule has 0 bridgehead atoms. The van der Waals surface area contributed by atoms with E-state index >= 15 is 0 Å². The second kappa shape index (κ2) is 11.4. The predicted octanol–water partition coefficient (Wildman–Crippen LogP) is 5.44. The van der Waals surface area contributed by atoms with Crippen LogP contribution in [0.1, 0.15) is 72.9 Å². The maximum Gasteiger partial charge on any atom is 0.331 e. The molecule has 216 valence electrons. The summed E-state index contributed by atoms with van der Waals surface area (Å²) >= 11 is 0. The third kappa shape index (κ3) is 5.33. The van der Waals surface area contributed by atoms with Crippen molar-refractivity contribution in [2.45, 2.75) is 59.5 Å². The number of nitrogens with zero attached hydrogens (tertiary/aromatic N) is 4. The van der Waals surface area contributed by atoms with Crippen LogP contribution in [0.2, 0.25) is 0 Å². The zero-order valence-corrected chi connectivity index (χ0v) is 24.3. The first-order chi connectivity index (χ1) is 19.6. The Morgan fingerprint density at radius 1 is 1.05 bits per heavy atom. The van der Waals surface area contributed by atoms with Gasteiger partial charge in [0.1, 0.15) is 17.4 Å². The number of aromatic amines is 1. The summed E-state index contributed by atoms with van der Waals surface area (Å²) in [6.07, 6.45) is 2.54. The number of rotatable bonds is 5. The standard InChI is InChI=1S/C31H37N5O5/c1-17-7-9-21(10-8-17)27-33-28-23(31(39)41-26-19(3)15-18(2)16-20(26)4)24(32-5)25(36(28)34-27)29(37)35-13-11-22(12-14-35)30(38)40-6/h7-10,18-20,22,26H,11-16H2,1-4,6H3,(H,33,34). The molecule has 1 saturated carbocycles. The molecule has 3 heterocycles. The van der Waals surface area contributed by atoms with E-state index in [1.165, 1.54) is 11.6 Å². The van der Waals surface area contributed by atoms with E-state index in [4.69, 9.17) is 21.0 Å². The molecule has 0 spiro atoms. The van der Waals surface area contributed by atoms with Gasteiger partial charge in [0.05, 0.1) is 19.6 Å². The van der Waals surface area contributed by atoms with Crippen LogP contribution in [0.4, 0.5) is 5.69 Å². The minimum absolute atomic E-state index is 0.000398. The lowest BCUT2D eigenvalue weighted by molar-refractivity contribution is -0.146. The summed E-state index contributed by atoms with van der Waals surface area (Å²) in [5, 5.41) is 3.17. The molecule has 1 saturated heterocycles. The summed E-state index contributed by atoms with van der Waals surface area (Å²) in [7, 11) is 1.36. The van der Waals surface area contributed by atoms with Crippen LogP contribution < -0.4 is 0 Å². The van der Waals surface area contributed by atoms with Crippen LogP contribution in [0.3, 0.4) is 0 Å². The van der Waals surface area contributed by atoms with Crippen molar-refractivity contribution in [2.24, 2.45) is 23.7 Å². The van der Waals surface area contributed by atoms with E-state index in [0.29, 0.717) is 37.7 Å². The van der Waals surface area contributed by atoms with Crippen LogP contribution in [0.25, 0.3) is 21.9 Å². The Morgan fingerprint density at radius 3 is 2.27 bits per heavy atom. The highest BCUT2D eigenvalue weighted by Gasteiger charge is 2.39. The van der Waals surface area contributed by atoms with Gasteiger partial charge in [-0.1, -0.05) is 50.6 Å². The number of amides is 1. The van der Waals surface area contributed by atoms with Crippen molar-refractivity contribution in [1.29, 1.82) is 0 Å². The number of carbonyl (C=O) groups excluding carboxylic acids is 3. The quantitative estimate of drug-likeness (QED) is 0.329. The number of nitrogens with one attached hydrogen (secondary N) is 1. The van der Waals surface area contributed by atoms with Gasteiger partial charge in [-0.25, -0.2) is 19.1 Å². The van der Waals surface area contributed by atoms with Crippen LogP contribution >= 0.6 is 0 Å². The number of H-pyrrole nitrogens is 1. The topological polar surface area (TPSA) is 110 Å². The lowest BCUT2D eigenvalue weighted by atomic mass is 9.75. The highest BCUT2D eigenvalue weighted by atomic mass is 16.5. The van der Waals surface area contributed by atoms with Gasteiger partial charge < -0.3 is 14.4 Å². The molecule has 1 aliphatic carbocycles. The first kappa shape index (κ1) is 28.4. The number of ether oxygens (including phenoxy) is 2. The average Bonchev–Trinajstić information content (AvgIpc) is 3.51. The van der Waals surface area contributed by atoms with Crippen molar-refractivity contribution in [2.75, 3.05) is 20.2 Å². The van der Waals surface area contributed by atoms with Crippen LogP contribution in [0.5, 0.6) is 0 Å². The van der Waals surface area contributed by atoms with Crippen molar-refractivity contribution in [1.82, 2.24) is 19.5 Å². The van der Waals surface area contributed by atoms with Crippen molar-refractivity contribution < 1.29 is 23.9 Å². The van der Waals surface area contributed by atoms with Crippen LogP contribution in [0.15, 0.2) is 24.3 Å².